The van der Waals surface area contributed by atoms with E-state index >= 15 is 0 Å². The fraction of sp³-hybridized carbons (Fsp3) is 0.550. The van der Waals surface area contributed by atoms with Crippen LogP contribution >= 0.6 is 23.2 Å². The molecule has 11 heteroatoms. The Morgan fingerprint density at radius 2 is 2.03 bits per heavy atom. The van der Waals surface area contributed by atoms with E-state index in [1.165, 1.54) is 12.1 Å². The highest BCUT2D eigenvalue weighted by atomic mass is 35.5. The first-order valence-corrected chi connectivity index (χ1v) is 11.0. The summed E-state index contributed by atoms with van der Waals surface area (Å²) in [6.45, 7) is 5.82. The van der Waals surface area contributed by atoms with E-state index in [0.717, 1.165) is 0 Å². The number of hydrogen-bond acceptors (Lipinski definition) is 6. The molecule has 0 saturated carbocycles. The predicted octanol–water partition coefficient (Wildman–Crippen LogP) is 2.58. The van der Waals surface area contributed by atoms with Crippen LogP contribution in [-0.4, -0.2) is 52.8 Å². The lowest BCUT2D eigenvalue weighted by molar-refractivity contribution is -0.145. The van der Waals surface area contributed by atoms with Gasteiger partial charge in [-0.2, -0.15) is 0 Å². The minimum Gasteiger partial charge on any atom is -0.426 e. The molecule has 0 aliphatic carbocycles. The van der Waals surface area contributed by atoms with E-state index in [1.807, 2.05) is 20.8 Å². The van der Waals surface area contributed by atoms with Gasteiger partial charge in [-0.25, -0.2) is 0 Å². The Morgan fingerprint density at radius 3 is 2.65 bits per heavy atom. The molecule has 0 fully saturated rings. The van der Waals surface area contributed by atoms with Gasteiger partial charge in [0.2, 0.25) is 5.60 Å². The lowest BCUT2D eigenvalue weighted by Crippen LogP contribution is -2.55. The van der Waals surface area contributed by atoms with Crippen molar-refractivity contribution in [3.63, 3.8) is 0 Å². The first-order valence-electron chi connectivity index (χ1n) is 10.2. The summed E-state index contributed by atoms with van der Waals surface area (Å²) in [5, 5.41) is 29.3. The van der Waals surface area contributed by atoms with Crippen LogP contribution in [-0.2, 0) is 9.63 Å². The van der Waals surface area contributed by atoms with Crippen LogP contribution in [0.15, 0.2) is 23.4 Å². The van der Waals surface area contributed by atoms with Crippen LogP contribution < -0.4 is 10.6 Å². The Morgan fingerprint density at radius 1 is 1.32 bits per heavy atom. The van der Waals surface area contributed by atoms with Gasteiger partial charge in [-0.15, -0.1) is 0 Å². The Kier molecular flexibility index (Phi) is 9.18. The summed E-state index contributed by atoms with van der Waals surface area (Å²) >= 11 is 12.0. The van der Waals surface area contributed by atoms with Crippen molar-refractivity contribution in [2.45, 2.75) is 58.0 Å². The van der Waals surface area contributed by atoms with Crippen molar-refractivity contribution in [2.24, 2.45) is 11.1 Å². The maximum atomic E-state index is 13.0. The van der Waals surface area contributed by atoms with Crippen molar-refractivity contribution >= 4 is 47.8 Å². The maximum Gasteiger partial charge on any atom is 0.475 e. The van der Waals surface area contributed by atoms with Crippen molar-refractivity contribution in [3.8, 4) is 0 Å². The quantitative estimate of drug-likeness (QED) is 0.391. The van der Waals surface area contributed by atoms with Crippen LogP contribution in [0.4, 0.5) is 0 Å². The van der Waals surface area contributed by atoms with Crippen LogP contribution in [0.5, 0.6) is 0 Å². The number of nitrogens with zero attached hydrogens (tertiary/aromatic N) is 1. The van der Waals surface area contributed by atoms with Crippen LogP contribution in [0.3, 0.4) is 0 Å². The Hall–Kier alpha value is -1.81. The number of benzene rings is 1. The van der Waals surface area contributed by atoms with Crippen LogP contribution in [0.1, 0.15) is 56.8 Å². The summed E-state index contributed by atoms with van der Waals surface area (Å²) in [5.74, 6) is -1.55. The minimum atomic E-state index is -1.69. The van der Waals surface area contributed by atoms with Gasteiger partial charge < -0.3 is 25.5 Å². The van der Waals surface area contributed by atoms with E-state index in [1.54, 1.807) is 6.07 Å². The standard InChI is InChI=1S/C20H28BCl2N3O5/c1-4-7-20(19(28)25-17(21(29)30)8-12(2)3)10-14(26-31-20)11-24-18(27)15-9-13(22)5-6-16(15)23/h5-6,9,12,17,29-30H,4,7-8,10-11H2,1-3H3,(H,24,27)(H,25,28)/t17-,20?/m0/s1. The number of hydrogen-bond donors (Lipinski definition) is 4. The van der Waals surface area contributed by atoms with Crippen LogP contribution in [0.2, 0.25) is 10.0 Å². The van der Waals surface area contributed by atoms with Crippen molar-refractivity contribution in [1.29, 1.82) is 0 Å². The minimum absolute atomic E-state index is 0.0679. The van der Waals surface area contributed by atoms with E-state index in [-0.39, 0.29) is 29.5 Å². The Labute approximate surface area is 192 Å². The SMILES string of the molecule is CCCC1(C(=O)N[C@@H](CC(C)C)B(O)O)CC(CNC(=O)c2cc(Cl)ccc2Cl)=NO1. The molecule has 4 N–H and O–H groups in total. The molecular formula is C20H28BCl2N3O5. The van der Waals surface area contributed by atoms with Crippen molar-refractivity contribution in [2.75, 3.05) is 6.54 Å². The summed E-state index contributed by atoms with van der Waals surface area (Å²) in [5.41, 5.74) is -0.535. The van der Waals surface area contributed by atoms with Gasteiger partial charge in [0, 0.05) is 11.4 Å². The van der Waals surface area contributed by atoms with Gasteiger partial charge in [0.15, 0.2) is 0 Å². The fourth-order valence-electron chi connectivity index (χ4n) is 3.43. The second kappa shape index (κ2) is 11.2. The molecule has 8 nitrogen and oxygen atoms in total. The lowest BCUT2D eigenvalue weighted by Gasteiger charge is -2.28. The molecule has 2 atom stereocenters. The molecular weight excluding hydrogens is 444 g/mol. The second-order valence-electron chi connectivity index (χ2n) is 8.10. The number of halogens is 2. The number of amides is 2. The van der Waals surface area contributed by atoms with E-state index < -0.39 is 30.5 Å². The van der Waals surface area contributed by atoms with Crippen molar-refractivity contribution in [3.05, 3.63) is 33.8 Å². The average Bonchev–Trinajstić information content (AvgIpc) is 3.11. The Balaban J connectivity index is 2.03. The number of rotatable bonds is 10. The van der Waals surface area contributed by atoms with E-state index in [0.29, 0.717) is 30.0 Å². The molecule has 0 radical (unpaired) electrons. The Bertz CT molecular complexity index is 837. The molecule has 2 rings (SSSR count). The first kappa shape index (κ1) is 25.5. The molecule has 0 spiro atoms. The molecule has 1 aromatic carbocycles. The summed E-state index contributed by atoms with van der Waals surface area (Å²) in [7, 11) is -1.69. The number of carbonyl (C=O) groups excluding carboxylic acids is 2. The average molecular weight is 472 g/mol. The highest BCUT2D eigenvalue weighted by Crippen LogP contribution is 2.30. The normalized spacial score (nSPS) is 18.9. The van der Waals surface area contributed by atoms with Gasteiger partial charge in [0.1, 0.15) is 0 Å². The van der Waals surface area contributed by atoms with Gasteiger partial charge in [-0.05, 0) is 37.0 Å². The van der Waals surface area contributed by atoms with Gasteiger partial charge >= 0.3 is 7.12 Å². The molecule has 0 aromatic heterocycles. The molecule has 1 heterocycles. The molecule has 1 aliphatic rings. The maximum absolute atomic E-state index is 13.0. The number of carbonyl (C=O) groups is 2. The molecule has 170 valence electrons. The van der Waals surface area contributed by atoms with E-state index in [4.69, 9.17) is 28.0 Å². The topological polar surface area (TPSA) is 120 Å². The summed E-state index contributed by atoms with van der Waals surface area (Å²) in [6, 6.07) is 4.59. The third kappa shape index (κ3) is 6.84. The third-order valence-corrected chi connectivity index (χ3v) is 5.50. The summed E-state index contributed by atoms with van der Waals surface area (Å²) in [4.78, 5) is 31.0. The van der Waals surface area contributed by atoms with E-state index in [2.05, 4.69) is 15.8 Å². The summed E-state index contributed by atoms with van der Waals surface area (Å²) < 4.78 is 0. The first-order chi connectivity index (χ1) is 14.6. The van der Waals surface area contributed by atoms with Gasteiger partial charge in [0.25, 0.3) is 11.8 Å². The van der Waals surface area contributed by atoms with Gasteiger partial charge in [0.05, 0.1) is 28.8 Å². The van der Waals surface area contributed by atoms with Gasteiger partial charge in [-0.1, -0.05) is 55.5 Å². The molecule has 0 saturated heterocycles. The zero-order chi connectivity index (χ0) is 23.2. The molecule has 2 amide bonds. The summed E-state index contributed by atoms with van der Waals surface area (Å²) in [6.07, 6.45) is 1.61. The highest BCUT2D eigenvalue weighted by Gasteiger charge is 2.47. The molecule has 31 heavy (non-hydrogen) atoms. The molecule has 1 unspecified atom stereocenters. The predicted molar refractivity (Wildman–Crippen MR) is 121 cm³/mol. The fourth-order valence-corrected chi connectivity index (χ4v) is 3.80. The van der Waals surface area contributed by atoms with Crippen molar-refractivity contribution < 1.29 is 24.5 Å². The zero-order valence-electron chi connectivity index (χ0n) is 17.8. The van der Waals surface area contributed by atoms with Crippen LogP contribution in [0, 0.1) is 5.92 Å². The largest absolute Gasteiger partial charge is 0.475 e. The highest BCUT2D eigenvalue weighted by molar-refractivity contribution is 6.43. The van der Waals surface area contributed by atoms with E-state index in [9.17, 15) is 19.6 Å². The number of nitrogens with one attached hydrogen (secondary N) is 2. The number of oxime groups is 1. The monoisotopic (exact) mass is 471 g/mol. The molecule has 1 aliphatic heterocycles. The van der Waals surface area contributed by atoms with Gasteiger partial charge in [-0.3, -0.25) is 9.59 Å². The smallest absolute Gasteiger partial charge is 0.426 e. The van der Waals surface area contributed by atoms with Crippen LogP contribution in [0.25, 0.3) is 0 Å². The molecule has 1 aromatic rings. The zero-order valence-corrected chi connectivity index (χ0v) is 19.3. The molecule has 0 bridgehead atoms. The van der Waals surface area contributed by atoms with Crippen molar-refractivity contribution in [1.82, 2.24) is 10.6 Å². The lowest BCUT2D eigenvalue weighted by atomic mass is 9.74. The third-order valence-electron chi connectivity index (χ3n) is 4.93. The second-order valence-corrected chi connectivity index (χ2v) is 8.94.